The van der Waals surface area contributed by atoms with E-state index in [1.807, 2.05) is 25.1 Å². The number of nitrogens with zero attached hydrogens (tertiary/aromatic N) is 2. The van der Waals surface area contributed by atoms with Crippen molar-refractivity contribution in [1.29, 1.82) is 0 Å². The second-order valence-electron chi connectivity index (χ2n) is 4.27. The van der Waals surface area contributed by atoms with Gasteiger partial charge in [0.1, 0.15) is 11.6 Å². The lowest BCUT2D eigenvalue weighted by molar-refractivity contribution is -0.137. The fraction of sp³-hybridized carbons (Fsp3) is 0.200. The van der Waals surface area contributed by atoms with E-state index in [2.05, 4.69) is 15.5 Å². The fourth-order valence-corrected chi connectivity index (χ4v) is 1.67. The minimum atomic E-state index is -4.40. The first-order valence-electron chi connectivity index (χ1n) is 6.55. The maximum atomic E-state index is 12.4. The maximum absolute atomic E-state index is 12.4. The van der Waals surface area contributed by atoms with Crippen LogP contribution >= 0.6 is 0 Å². The molecule has 2 aromatic rings. The highest BCUT2D eigenvalue weighted by atomic mass is 19.4. The van der Waals surface area contributed by atoms with Gasteiger partial charge >= 0.3 is 6.18 Å². The SMILES string of the molecule is CCOc1ccccc1/C=N/Nc1ccc(C(F)(F)F)cn1. The zero-order chi connectivity index (χ0) is 16.0. The smallest absolute Gasteiger partial charge is 0.417 e. The van der Waals surface area contributed by atoms with Gasteiger partial charge in [0.2, 0.25) is 0 Å². The summed E-state index contributed by atoms with van der Waals surface area (Å²) in [6, 6.07) is 9.46. The number of ether oxygens (including phenoxy) is 1. The molecule has 0 saturated carbocycles. The Morgan fingerprint density at radius 2 is 2.00 bits per heavy atom. The van der Waals surface area contributed by atoms with E-state index >= 15 is 0 Å². The lowest BCUT2D eigenvalue weighted by Crippen LogP contribution is -2.05. The highest BCUT2D eigenvalue weighted by Gasteiger charge is 2.30. The highest BCUT2D eigenvalue weighted by molar-refractivity contribution is 5.83. The van der Waals surface area contributed by atoms with Crippen LogP contribution < -0.4 is 10.2 Å². The monoisotopic (exact) mass is 309 g/mol. The summed E-state index contributed by atoms with van der Waals surface area (Å²) in [4.78, 5) is 3.66. The quantitative estimate of drug-likeness (QED) is 0.672. The zero-order valence-corrected chi connectivity index (χ0v) is 11.8. The van der Waals surface area contributed by atoms with Crippen molar-refractivity contribution in [3.63, 3.8) is 0 Å². The van der Waals surface area contributed by atoms with Crippen molar-refractivity contribution in [2.75, 3.05) is 12.0 Å². The van der Waals surface area contributed by atoms with Crippen molar-refractivity contribution in [1.82, 2.24) is 4.98 Å². The van der Waals surface area contributed by atoms with Gasteiger partial charge in [-0.25, -0.2) is 4.98 Å². The van der Waals surface area contributed by atoms with Crippen LogP contribution in [0.5, 0.6) is 5.75 Å². The Kier molecular flexibility index (Phi) is 4.98. The van der Waals surface area contributed by atoms with Gasteiger partial charge in [-0.15, -0.1) is 0 Å². The molecule has 1 N–H and O–H groups in total. The van der Waals surface area contributed by atoms with Crippen molar-refractivity contribution in [2.24, 2.45) is 5.10 Å². The van der Waals surface area contributed by atoms with Crippen LogP contribution in [0.4, 0.5) is 19.0 Å². The number of halogens is 3. The molecule has 0 aliphatic heterocycles. The molecule has 22 heavy (non-hydrogen) atoms. The van der Waals surface area contributed by atoms with Crippen LogP contribution in [-0.2, 0) is 6.18 Å². The molecular weight excluding hydrogens is 295 g/mol. The van der Waals surface area contributed by atoms with Crippen molar-refractivity contribution in [2.45, 2.75) is 13.1 Å². The van der Waals surface area contributed by atoms with E-state index in [1.165, 1.54) is 12.3 Å². The van der Waals surface area contributed by atoms with Gasteiger partial charge in [0.15, 0.2) is 0 Å². The third-order valence-corrected chi connectivity index (χ3v) is 2.69. The summed E-state index contributed by atoms with van der Waals surface area (Å²) in [5, 5.41) is 3.95. The molecule has 0 unspecified atom stereocenters. The molecule has 0 amide bonds. The van der Waals surface area contributed by atoms with Crippen LogP contribution in [0.3, 0.4) is 0 Å². The Bertz CT molecular complexity index is 639. The third-order valence-electron chi connectivity index (χ3n) is 2.69. The molecule has 0 aliphatic rings. The van der Waals surface area contributed by atoms with E-state index in [9.17, 15) is 13.2 Å². The molecule has 1 aromatic carbocycles. The summed E-state index contributed by atoms with van der Waals surface area (Å²) in [5.74, 6) is 0.897. The van der Waals surface area contributed by atoms with Gasteiger partial charge in [-0.05, 0) is 31.2 Å². The molecule has 0 fully saturated rings. The average Bonchev–Trinajstić information content (AvgIpc) is 2.49. The number of hydrogen-bond acceptors (Lipinski definition) is 4. The summed E-state index contributed by atoms with van der Waals surface area (Å²) >= 11 is 0. The largest absolute Gasteiger partial charge is 0.493 e. The molecule has 0 atom stereocenters. The second-order valence-corrected chi connectivity index (χ2v) is 4.27. The first-order chi connectivity index (χ1) is 10.5. The minimum absolute atomic E-state index is 0.221. The zero-order valence-electron chi connectivity index (χ0n) is 11.8. The third kappa shape index (κ3) is 4.21. The van der Waals surface area contributed by atoms with Crippen molar-refractivity contribution in [3.8, 4) is 5.75 Å². The van der Waals surface area contributed by atoms with Gasteiger partial charge in [0.05, 0.1) is 18.4 Å². The molecule has 0 radical (unpaired) electrons. The predicted octanol–water partition coefficient (Wildman–Crippen LogP) is 3.95. The predicted molar refractivity (Wildman–Crippen MR) is 78.1 cm³/mol. The summed E-state index contributed by atoms with van der Waals surface area (Å²) < 4.78 is 42.7. The van der Waals surface area contributed by atoms with Gasteiger partial charge in [0.25, 0.3) is 0 Å². The van der Waals surface area contributed by atoms with E-state index in [0.717, 1.165) is 17.8 Å². The number of hydrazone groups is 1. The molecule has 116 valence electrons. The summed E-state index contributed by atoms with van der Waals surface area (Å²) in [5.41, 5.74) is 2.53. The highest BCUT2D eigenvalue weighted by Crippen LogP contribution is 2.28. The van der Waals surface area contributed by atoms with Gasteiger partial charge in [-0.1, -0.05) is 12.1 Å². The number of anilines is 1. The number of rotatable bonds is 5. The van der Waals surface area contributed by atoms with E-state index in [1.54, 1.807) is 6.07 Å². The van der Waals surface area contributed by atoms with E-state index in [4.69, 9.17) is 4.74 Å². The molecule has 0 bridgehead atoms. The normalized spacial score (nSPS) is 11.6. The summed E-state index contributed by atoms with van der Waals surface area (Å²) in [6.45, 7) is 2.40. The van der Waals surface area contributed by atoms with Gasteiger partial charge in [0, 0.05) is 11.8 Å². The van der Waals surface area contributed by atoms with Gasteiger partial charge in [-0.2, -0.15) is 18.3 Å². The van der Waals surface area contributed by atoms with Crippen LogP contribution in [-0.4, -0.2) is 17.8 Å². The molecule has 4 nitrogen and oxygen atoms in total. The number of pyridine rings is 1. The van der Waals surface area contributed by atoms with Crippen LogP contribution in [0.1, 0.15) is 18.1 Å². The Morgan fingerprint density at radius 3 is 2.64 bits per heavy atom. The number of nitrogens with one attached hydrogen (secondary N) is 1. The molecule has 2 rings (SSSR count). The van der Waals surface area contributed by atoms with Crippen LogP contribution in [0.15, 0.2) is 47.7 Å². The average molecular weight is 309 g/mol. The van der Waals surface area contributed by atoms with Gasteiger partial charge < -0.3 is 4.74 Å². The number of benzene rings is 1. The molecule has 0 spiro atoms. The Balaban J connectivity index is 2.04. The van der Waals surface area contributed by atoms with Gasteiger partial charge in [-0.3, -0.25) is 5.43 Å². The minimum Gasteiger partial charge on any atom is -0.493 e. The summed E-state index contributed by atoms with van der Waals surface area (Å²) in [6.07, 6.45) is -2.12. The fourth-order valence-electron chi connectivity index (χ4n) is 1.67. The lowest BCUT2D eigenvalue weighted by Gasteiger charge is -2.07. The van der Waals surface area contributed by atoms with Crippen LogP contribution in [0.25, 0.3) is 0 Å². The van der Waals surface area contributed by atoms with E-state index < -0.39 is 11.7 Å². The standard InChI is InChI=1S/C15H14F3N3O/c1-2-22-13-6-4-3-5-11(13)9-20-21-14-8-7-12(10-19-14)15(16,17)18/h3-10H,2H2,1H3,(H,19,21)/b20-9+. The first-order valence-corrected chi connectivity index (χ1v) is 6.55. The maximum Gasteiger partial charge on any atom is 0.417 e. The molecule has 1 aromatic heterocycles. The Morgan fingerprint density at radius 1 is 1.23 bits per heavy atom. The molecule has 1 heterocycles. The first kappa shape index (κ1) is 15.8. The molecule has 0 saturated heterocycles. The lowest BCUT2D eigenvalue weighted by atomic mass is 10.2. The number of aromatic nitrogens is 1. The van der Waals surface area contributed by atoms with Crippen LogP contribution in [0, 0.1) is 0 Å². The molecular formula is C15H14F3N3O. The Hall–Kier alpha value is -2.57. The number of alkyl halides is 3. The van der Waals surface area contributed by atoms with Crippen molar-refractivity contribution in [3.05, 3.63) is 53.7 Å². The van der Waals surface area contributed by atoms with Crippen molar-refractivity contribution >= 4 is 12.0 Å². The molecule has 0 aliphatic carbocycles. The number of hydrogen-bond donors (Lipinski definition) is 1. The van der Waals surface area contributed by atoms with E-state index in [-0.39, 0.29) is 5.82 Å². The van der Waals surface area contributed by atoms with Crippen LogP contribution in [0.2, 0.25) is 0 Å². The Labute approximate surface area is 125 Å². The van der Waals surface area contributed by atoms with Crippen molar-refractivity contribution < 1.29 is 17.9 Å². The molecule has 7 heteroatoms. The number of para-hydroxylation sites is 1. The summed E-state index contributed by atoms with van der Waals surface area (Å²) in [7, 11) is 0. The second kappa shape index (κ2) is 6.93. The van der Waals surface area contributed by atoms with E-state index in [0.29, 0.717) is 12.4 Å². The topological polar surface area (TPSA) is 46.5 Å².